The standard InChI is InChI=1S/C11H20F3NS/c1-10(2,8-16)7-15-5-3-4-9(6-15)11(12,13)14/h9,16H,3-8H2,1-2H3. The van der Waals surface area contributed by atoms with Gasteiger partial charge in [0.2, 0.25) is 0 Å². The van der Waals surface area contributed by atoms with Crippen LogP contribution in [0.1, 0.15) is 26.7 Å². The first-order valence-corrected chi connectivity index (χ1v) is 6.28. The molecule has 1 atom stereocenters. The number of rotatable bonds is 3. The zero-order chi connectivity index (χ0) is 12.4. The van der Waals surface area contributed by atoms with Crippen LogP contribution in [0.2, 0.25) is 0 Å². The molecule has 1 unspecified atom stereocenters. The highest BCUT2D eigenvalue weighted by molar-refractivity contribution is 7.80. The van der Waals surface area contributed by atoms with Gasteiger partial charge < -0.3 is 4.90 Å². The lowest BCUT2D eigenvalue weighted by atomic mass is 9.92. The molecule has 16 heavy (non-hydrogen) atoms. The number of likely N-dealkylation sites (tertiary alicyclic amines) is 1. The zero-order valence-electron chi connectivity index (χ0n) is 9.85. The van der Waals surface area contributed by atoms with Gasteiger partial charge in [0, 0.05) is 13.1 Å². The Labute approximate surface area is 101 Å². The van der Waals surface area contributed by atoms with Gasteiger partial charge in [0.05, 0.1) is 5.92 Å². The summed E-state index contributed by atoms with van der Waals surface area (Å²) in [5, 5.41) is 0. The maximum absolute atomic E-state index is 12.6. The molecule has 0 aromatic carbocycles. The van der Waals surface area contributed by atoms with Crippen LogP contribution in [-0.2, 0) is 0 Å². The fourth-order valence-corrected chi connectivity index (χ4v) is 2.22. The summed E-state index contributed by atoms with van der Waals surface area (Å²) in [6, 6.07) is 0. The van der Waals surface area contributed by atoms with Crippen LogP contribution in [-0.4, -0.2) is 36.5 Å². The number of halogens is 3. The molecule has 0 radical (unpaired) electrons. The quantitative estimate of drug-likeness (QED) is 0.758. The largest absolute Gasteiger partial charge is 0.393 e. The predicted octanol–water partition coefficient (Wildman–Crippen LogP) is 3.22. The molecule has 0 amide bonds. The lowest BCUT2D eigenvalue weighted by Gasteiger charge is -2.38. The lowest BCUT2D eigenvalue weighted by molar-refractivity contribution is -0.187. The molecule has 0 aliphatic carbocycles. The normalized spacial score (nSPS) is 24.8. The van der Waals surface area contributed by atoms with Gasteiger partial charge in [0.1, 0.15) is 0 Å². The van der Waals surface area contributed by atoms with Crippen molar-refractivity contribution in [3.8, 4) is 0 Å². The van der Waals surface area contributed by atoms with E-state index in [9.17, 15) is 13.2 Å². The van der Waals surface area contributed by atoms with Crippen LogP contribution < -0.4 is 0 Å². The first-order chi connectivity index (χ1) is 7.24. The van der Waals surface area contributed by atoms with Crippen LogP contribution in [0.3, 0.4) is 0 Å². The summed E-state index contributed by atoms with van der Waals surface area (Å²) >= 11 is 4.23. The Hall–Kier alpha value is 0.100. The van der Waals surface area contributed by atoms with E-state index < -0.39 is 12.1 Å². The van der Waals surface area contributed by atoms with Gasteiger partial charge in [-0.15, -0.1) is 0 Å². The topological polar surface area (TPSA) is 3.24 Å². The Kier molecular flexibility index (Phi) is 4.57. The molecule has 0 aromatic heterocycles. The molecule has 1 aliphatic heterocycles. The first kappa shape index (κ1) is 14.2. The van der Waals surface area contributed by atoms with Gasteiger partial charge in [0.15, 0.2) is 0 Å². The van der Waals surface area contributed by atoms with Crippen molar-refractivity contribution in [3.63, 3.8) is 0 Å². The molecule has 0 saturated carbocycles. The summed E-state index contributed by atoms with van der Waals surface area (Å²) in [5.74, 6) is -0.447. The van der Waals surface area contributed by atoms with E-state index in [0.717, 1.165) is 6.54 Å². The van der Waals surface area contributed by atoms with E-state index >= 15 is 0 Å². The molecule has 0 N–H and O–H groups in total. The molecule has 1 heterocycles. The number of piperidine rings is 1. The van der Waals surface area contributed by atoms with Gasteiger partial charge >= 0.3 is 6.18 Å². The molecular formula is C11H20F3NS. The Morgan fingerprint density at radius 1 is 1.31 bits per heavy atom. The Balaban J connectivity index is 2.51. The van der Waals surface area contributed by atoms with Crippen molar-refractivity contribution in [2.24, 2.45) is 11.3 Å². The van der Waals surface area contributed by atoms with Crippen LogP contribution >= 0.6 is 12.6 Å². The van der Waals surface area contributed by atoms with Crippen LogP contribution in [0.25, 0.3) is 0 Å². The van der Waals surface area contributed by atoms with Gasteiger partial charge in [-0.05, 0) is 30.6 Å². The van der Waals surface area contributed by atoms with Crippen molar-refractivity contribution < 1.29 is 13.2 Å². The summed E-state index contributed by atoms with van der Waals surface area (Å²) in [6.45, 7) is 5.71. The van der Waals surface area contributed by atoms with E-state index in [1.807, 2.05) is 18.7 Å². The molecule has 1 nitrogen and oxygen atoms in total. The van der Waals surface area contributed by atoms with E-state index in [-0.39, 0.29) is 18.4 Å². The van der Waals surface area contributed by atoms with E-state index in [1.165, 1.54) is 0 Å². The van der Waals surface area contributed by atoms with Gasteiger partial charge in [-0.3, -0.25) is 0 Å². The van der Waals surface area contributed by atoms with Crippen LogP contribution in [0.15, 0.2) is 0 Å². The van der Waals surface area contributed by atoms with E-state index in [2.05, 4.69) is 12.6 Å². The summed E-state index contributed by atoms with van der Waals surface area (Å²) in [7, 11) is 0. The van der Waals surface area contributed by atoms with E-state index in [1.54, 1.807) is 0 Å². The molecule has 0 bridgehead atoms. The van der Waals surface area contributed by atoms with Crippen LogP contribution in [0, 0.1) is 11.3 Å². The summed E-state index contributed by atoms with van der Waals surface area (Å²) in [5.41, 5.74) is -0.0173. The second kappa shape index (κ2) is 5.17. The van der Waals surface area contributed by atoms with Crippen molar-refractivity contribution in [1.82, 2.24) is 4.90 Å². The second-order valence-electron chi connectivity index (χ2n) is 5.44. The third kappa shape index (κ3) is 4.17. The van der Waals surface area contributed by atoms with Crippen LogP contribution in [0.5, 0.6) is 0 Å². The highest BCUT2D eigenvalue weighted by Gasteiger charge is 2.42. The van der Waals surface area contributed by atoms with Gasteiger partial charge in [-0.2, -0.15) is 25.8 Å². The fraction of sp³-hybridized carbons (Fsp3) is 1.00. The number of alkyl halides is 3. The molecule has 0 aromatic rings. The van der Waals surface area contributed by atoms with Crippen molar-refractivity contribution in [1.29, 1.82) is 0 Å². The smallest absolute Gasteiger partial charge is 0.302 e. The van der Waals surface area contributed by atoms with Crippen molar-refractivity contribution in [3.05, 3.63) is 0 Å². The highest BCUT2D eigenvalue weighted by atomic mass is 32.1. The van der Waals surface area contributed by atoms with Gasteiger partial charge in [-0.25, -0.2) is 0 Å². The SMILES string of the molecule is CC(C)(CS)CN1CCCC(C(F)(F)F)C1. The summed E-state index contributed by atoms with van der Waals surface area (Å²) < 4.78 is 37.8. The zero-order valence-corrected chi connectivity index (χ0v) is 10.7. The highest BCUT2D eigenvalue weighted by Crippen LogP contribution is 2.34. The number of hydrogen-bond acceptors (Lipinski definition) is 2. The number of thiol groups is 1. The summed E-state index contributed by atoms with van der Waals surface area (Å²) in [6.07, 6.45) is -3.11. The number of hydrogen-bond donors (Lipinski definition) is 1. The van der Waals surface area contributed by atoms with E-state index in [0.29, 0.717) is 18.7 Å². The average Bonchev–Trinajstić information content (AvgIpc) is 2.16. The predicted molar refractivity (Wildman–Crippen MR) is 62.9 cm³/mol. The fourth-order valence-electron chi connectivity index (χ4n) is 2.12. The van der Waals surface area contributed by atoms with Crippen molar-refractivity contribution >= 4 is 12.6 Å². The second-order valence-corrected chi connectivity index (χ2v) is 5.75. The Morgan fingerprint density at radius 3 is 2.44 bits per heavy atom. The minimum Gasteiger partial charge on any atom is -0.302 e. The molecule has 0 spiro atoms. The van der Waals surface area contributed by atoms with Crippen molar-refractivity contribution in [2.45, 2.75) is 32.9 Å². The monoisotopic (exact) mass is 255 g/mol. The Bertz CT molecular complexity index is 228. The molecule has 1 aliphatic rings. The molecule has 1 rings (SSSR count). The maximum Gasteiger partial charge on any atom is 0.393 e. The molecule has 1 saturated heterocycles. The van der Waals surface area contributed by atoms with Gasteiger partial charge in [0.25, 0.3) is 0 Å². The lowest BCUT2D eigenvalue weighted by Crippen LogP contribution is -2.45. The molecule has 1 fully saturated rings. The van der Waals surface area contributed by atoms with E-state index in [4.69, 9.17) is 0 Å². The molecular weight excluding hydrogens is 235 g/mol. The summed E-state index contributed by atoms with van der Waals surface area (Å²) in [4.78, 5) is 1.93. The minimum atomic E-state index is -4.04. The molecule has 5 heteroatoms. The minimum absolute atomic E-state index is 0.0173. The third-order valence-electron chi connectivity index (χ3n) is 3.05. The third-order valence-corrected chi connectivity index (χ3v) is 3.90. The first-order valence-electron chi connectivity index (χ1n) is 5.64. The average molecular weight is 255 g/mol. The molecule has 96 valence electrons. The van der Waals surface area contributed by atoms with Crippen LogP contribution in [0.4, 0.5) is 13.2 Å². The maximum atomic E-state index is 12.6. The Morgan fingerprint density at radius 2 is 1.94 bits per heavy atom. The van der Waals surface area contributed by atoms with Gasteiger partial charge in [-0.1, -0.05) is 13.8 Å². The number of nitrogens with zero attached hydrogens (tertiary/aromatic N) is 1. The van der Waals surface area contributed by atoms with Crippen molar-refractivity contribution in [2.75, 3.05) is 25.4 Å².